The van der Waals surface area contributed by atoms with Gasteiger partial charge in [0.2, 0.25) is 5.82 Å². The largest absolute Gasteiger partial charge is 0.494 e. The summed E-state index contributed by atoms with van der Waals surface area (Å²) in [4.78, 5) is 28.6. The molecule has 0 aliphatic rings. The Balaban J connectivity index is 1.90. The number of aromatic nitrogens is 2. The van der Waals surface area contributed by atoms with Crippen LogP contribution in [0.15, 0.2) is 36.7 Å². The van der Waals surface area contributed by atoms with E-state index in [0.29, 0.717) is 17.9 Å². The molecular formula is C16H14F3N3O4. The second-order valence-corrected chi connectivity index (χ2v) is 5.12. The zero-order valence-electron chi connectivity index (χ0n) is 13.3. The third-order valence-electron chi connectivity index (χ3n) is 3.08. The second kappa shape index (κ2) is 8.28. The van der Waals surface area contributed by atoms with Crippen LogP contribution in [0.25, 0.3) is 0 Å². The van der Waals surface area contributed by atoms with E-state index in [9.17, 15) is 22.8 Å². The van der Waals surface area contributed by atoms with Crippen LogP contribution in [0.4, 0.5) is 18.9 Å². The van der Waals surface area contributed by atoms with Gasteiger partial charge >= 0.3 is 12.1 Å². The van der Waals surface area contributed by atoms with Crippen LogP contribution in [0.3, 0.4) is 0 Å². The lowest BCUT2D eigenvalue weighted by atomic mass is 10.2. The highest BCUT2D eigenvalue weighted by molar-refractivity contribution is 6.03. The summed E-state index contributed by atoms with van der Waals surface area (Å²) >= 11 is 0. The van der Waals surface area contributed by atoms with Gasteiger partial charge in [-0.3, -0.25) is 9.59 Å². The topological polar surface area (TPSA) is 101 Å². The number of hydrogen-bond donors (Lipinski definition) is 2. The standard InChI is InChI=1S/C16H14F3N3O4/c17-16(18,19)15-20-8-10(9-21-15)14(25)22-11-3-5-12(6-4-11)26-7-1-2-13(23)24/h3-6,8-9H,1-2,7H2,(H,22,25)(H,23,24). The number of rotatable bonds is 7. The predicted octanol–water partition coefficient (Wildman–Crippen LogP) is 2.99. The van der Waals surface area contributed by atoms with Crippen LogP contribution in [-0.4, -0.2) is 33.6 Å². The Labute approximate surface area is 145 Å². The van der Waals surface area contributed by atoms with E-state index >= 15 is 0 Å². The molecule has 0 unspecified atom stereocenters. The van der Waals surface area contributed by atoms with Crippen LogP contribution in [0.5, 0.6) is 5.75 Å². The van der Waals surface area contributed by atoms with Crippen LogP contribution in [0.1, 0.15) is 29.0 Å². The molecule has 0 saturated carbocycles. The first-order valence-corrected chi connectivity index (χ1v) is 7.41. The van der Waals surface area contributed by atoms with Crippen molar-refractivity contribution >= 4 is 17.6 Å². The summed E-state index contributed by atoms with van der Waals surface area (Å²) < 4.78 is 42.5. The van der Waals surface area contributed by atoms with Gasteiger partial charge in [-0.05, 0) is 30.7 Å². The average molecular weight is 369 g/mol. The van der Waals surface area contributed by atoms with Crippen molar-refractivity contribution in [3.63, 3.8) is 0 Å². The number of nitrogens with zero attached hydrogens (tertiary/aromatic N) is 2. The predicted molar refractivity (Wildman–Crippen MR) is 83.8 cm³/mol. The molecule has 1 amide bonds. The van der Waals surface area contributed by atoms with Gasteiger partial charge in [-0.2, -0.15) is 13.2 Å². The Kier molecular flexibility index (Phi) is 6.10. The molecule has 0 atom stereocenters. The zero-order valence-corrected chi connectivity index (χ0v) is 13.3. The number of carbonyl (C=O) groups excluding carboxylic acids is 1. The van der Waals surface area contributed by atoms with Crippen LogP contribution in [-0.2, 0) is 11.0 Å². The number of hydrogen-bond acceptors (Lipinski definition) is 5. The third kappa shape index (κ3) is 5.72. The minimum absolute atomic E-state index is 0.00331. The molecule has 0 fully saturated rings. The average Bonchev–Trinajstić information content (AvgIpc) is 2.59. The monoisotopic (exact) mass is 369 g/mol. The molecule has 2 aromatic rings. The zero-order chi connectivity index (χ0) is 19.2. The fourth-order valence-electron chi connectivity index (χ4n) is 1.84. The fourth-order valence-corrected chi connectivity index (χ4v) is 1.84. The van der Waals surface area contributed by atoms with Crippen molar-refractivity contribution < 1.29 is 32.6 Å². The van der Waals surface area contributed by atoms with Crippen LogP contribution >= 0.6 is 0 Å². The number of aliphatic carboxylic acids is 1. The minimum Gasteiger partial charge on any atom is -0.494 e. The van der Waals surface area contributed by atoms with Crippen molar-refractivity contribution in [1.29, 1.82) is 0 Å². The Morgan fingerprint density at radius 3 is 2.27 bits per heavy atom. The van der Waals surface area contributed by atoms with Crippen molar-refractivity contribution in [1.82, 2.24) is 9.97 Å². The van der Waals surface area contributed by atoms with Crippen molar-refractivity contribution in [2.75, 3.05) is 11.9 Å². The molecule has 1 aromatic carbocycles. The van der Waals surface area contributed by atoms with E-state index in [4.69, 9.17) is 9.84 Å². The molecule has 1 aromatic heterocycles. The van der Waals surface area contributed by atoms with Gasteiger partial charge < -0.3 is 15.2 Å². The molecule has 26 heavy (non-hydrogen) atoms. The molecular weight excluding hydrogens is 355 g/mol. The summed E-state index contributed by atoms with van der Waals surface area (Å²) in [5.74, 6) is -2.39. The van der Waals surface area contributed by atoms with E-state index in [1.807, 2.05) is 0 Å². The van der Waals surface area contributed by atoms with Gasteiger partial charge in [0, 0.05) is 24.5 Å². The summed E-state index contributed by atoms with van der Waals surface area (Å²) in [5, 5.41) is 11.0. The van der Waals surface area contributed by atoms with E-state index in [-0.39, 0.29) is 18.6 Å². The Hall–Kier alpha value is -3.17. The molecule has 0 spiro atoms. The first-order chi connectivity index (χ1) is 12.3. The van der Waals surface area contributed by atoms with Gasteiger partial charge in [0.25, 0.3) is 5.91 Å². The highest BCUT2D eigenvalue weighted by Gasteiger charge is 2.34. The smallest absolute Gasteiger partial charge is 0.451 e. The van der Waals surface area contributed by atoms with E-state index in [1.54, 1.807) is 12.1 Å². The van der Waals surface area contributed by atoms with E-state index in [1.165, 1.54) is 12.1 Å². The van der Waals surface area contributed by atoms with E-state index in [0.717, 1.165) is 12.4 Å². The van der Waals surface area contributed by atoms with Gasteiger partial charge in [-0.1, -0.05) is 0 Å². The van der Waals surface area contributed by atoms with Gasteiger partial charge in [-0.15, -0.1) is 0 Å². The van der Waals surface area contributed by atoms with Gasteiger partial charge in [0.1, 0.15) is 5.75 Å². The molecule has 0 bridgehead atoms. The number of ether oxygens (including phenoxy) is 1. The first kappa shape index (κ1) is 19.2. The fraction of sp³-hybridized carbons (Fsp3) is 0.250. The maximum atomic E-state index is 12.4. The normalized spacial score (nSPS) is 11.0. The number of amides is 1. The number of alkyl halides is 3. The van der Waals surface area contributed by atoms with Gasteiger partial charge in [0.15, 0.2) is 0 Å². The van der Waals surface area contributed by atoms with Gasteiger partial charge in [-0.25, -0.2) is 9.97 Å². The molecule has 0 radical (unpaired) electrons. The second-order valence-electron chi connectivity index (χ2n) is 5.12. The van der Waals surface area contributed by atoms with Crippen molar-refractivity contribution in [2.45, 2.75) is 19.0 Å². The van der Waals surface area contributed by atoms with Crippen LogP contribution in [0.2, 0.25) is 0 Å². The van der Waals surface area contributed by atoms with E-state index < -0.39 is 23.9 Å². The number of halogens is 3. The highest BCUT2D eigenvalue weighted by atomic mass is 19.4. The lowest BCUT2D eigenvalue weighted by Gasteiger charge is -2.08. The summed E-state index contributed by atoms with van der Waals surface area (Å²) in [5.41, 5.74) is 0.278. The molecule has 138 valence electrons. The summed E-state index contributed by atoms with van der Waals surface area (Å²) in [6.45, 7) is 0.237. The lowest BCUT2D eigenvalue weighted by molar-refractivity contribution is -0.145. The SMILES string of the molecule is O=C(O)CCCOc1ccc(NC(=O)c2cnc(C(F)(F)F)nc2)cc1. The summed E-state index contributed by atoms with van der Waals surface area (Å²) in [6, 6.07) is 6.21. The molecule has 0 saturated heterocycles. The number of benzene rings is 1. The molecule has 10 heteroatoms. The maximum absolute atomic E-state index is 12.4. The molecule has 2 rings (SSSR count). The number of carboxylic acid groups (broad SMARTS) is 1. The molecule has 7 nitrogen and oxygen atoms in total. The molecule has 2 N–H and O–H groups in total. The Bertz CT molecular complexity index is 762. The summed E-state index contributed by atoms with van der Waals surface area (Å²) in [6.07, 6.45) is -2.71. The van der Waals surface area contributed by atoms with E-state index in [2.05, 4.69) is 15.3 Å². The minimum atomic E-state index is -4.67. The quantitative estimate of drug-likeness (QED) is 0.728. The van der Waals surface area contributed by atoms with Crippen molar-refractivity contribution in [2.24, 2.45) is 0 Å². The Morgan fingerprint density at radius 1 is 1.12 bits per heavy atom. The van der Waals surface area contributed by atoms with Crippen molar-refractivity contribution in [3.05, 3.63) is 48.0 Å². The van der Waals surface area contributed by atoms with Gasteiger partial charge in [0.05, 0.1) is 12.2 Å². The molecule has 0 aliphatic heterocycles. The molecule has 0 aliphatic carbocycles. The number of anilines is 1. The number of carbonyl (C=O) groups is 2. The first-order valence-electron chi connectivity index (χ1n) is 7.41. The molecule has 1 heterocycles. The maximum Gasteiger partial charge on any atom is 0.451 e. The number of nitrogens with one attached hydrogen (secondary N) is 1. The van der Waals surface area contributed by atoms with Crippen LogP contribution < -0.4 is 10.1 Å². The highest BCUT2D eigenvalue weighted by Crippen LogP contribution is 2.25. The van der Waals surface area contributed by atoms with Crippen LogP contribution in [0, 0.1) is 0 Å². The lowest BCUT2D eigenvalue weighted by Crippen LogP contribution is -2.16. The summed E-state index contributed by atoms with van der Waals surface area (Å²) in [7, 11) is 0. The third-order valence-corrected chi connectivity index (χ3v) is 3.08. The number of carboxylic acids is 1. The Morgan fingerprint density at radius 2 is 1.73 bits per heavy atom. The van der Waals surface area contributed by atoms with Crippen molar-refractivity contribution in [3.8, 4) is 5.75 Å².